The zero-order valence-corrected chi connectivity index (χ0v) is 10.6. The molecule has 2 rings (SSSR count). The number of benzene rings is 2. The highest BCUT2D eigenvalue weighted by Crippen LogP contribution is 2.16. The number of aryl methyl sites for hydroxylation is 1. The summed E-state index contributed by atoms with van der Waals surface area (Å²) in [6.45, 7) is 2.84. The predicted molar refractivity (Wildman–Crippen MR) is 75.7 cm³/mol. The van der Waals surface area contributed by atoms with Crippen LogP contribution in [0.4, 0.5) is 5.69 Å². The van der Waals surface area contributed by atoms with Gasteiger partial charge >= 0.3 is 0 Å². The predicted octanol–water partition coefficient (Wildman–Crippen LogP) is 3.53. The summed E-state index contributed by atoms with van der Waals surface area (Å²) in [6, 6.07) is 18.0. The first-order chi connectivity index (χ1) is 8.75. The number of rotatable bonds is 5. The number of hydrogen-bond acceptors (Lipinski definition) is 2. The lowest BCUT2D eigenvalue weighted by atomic mass is 10.1. The van der Waals surface area contributed by atoms with Gasteiger partial charge in [0, 0.05) is 12.2 Å². The lowest BCUT2D eigenvalue weighted by Crippen LogP contribution is -2.07. The number of anilines is 1. The Morgan fingerprint density at radius 2 is 1.83 bits per heavy atom. The number of nitrogens with one attached hydrogen (secondary N) is 1. The fourth-order valence-electron chi connectivity index (χ4n) is 1.95. The molecule has 0 heterocycles. The highest BCUT2D eigenvalue weighted by atomic mass is 16.3. The van der Waals surface area contributed by atoms with Crippen molar-refractivity contribution in [2.75, 3.05) is 11.9 Å². The van der Waals surface area contributed by atoms with Crippen molar-refractivity contribution in [1.82, 2.24) is 0 Å². The van der Waals surface area contributed by atoms with E-state index >= 15 is 0 Å². The molecule has 0 saturated heterocycles. The summed E-state index contributed by atoms with van der Waals surface area (Å²) in [5, 5.41) is 13.3. The molecule has 2 heteroatoms. The standard InChI is InChI=1S/C16H19NO/c1-13-6-5-9-15(12-13)17-11-10-16(18)14-7-3-2-4-8-14/h2-9,12,16-18H,10-11H2,1H3. The van der Waals surface area contributed by atoms with Gasteiger partial charge in [0.1, 0.15) is 0 Å². The zero-order valence-electron chi connectivity index (χ0n) is 10.6. The average molecular weight is 241 g/mol. The summed E-state index contributed by atoms with van der Waals surface area (Å²) < 4.78 is 0. The maximum atomic E-state index is 10.0. The van der Waals surface area contributed by atoms with Gasteiger partial charge in [-0.2, -0.15) is 0 Å². The van der Waals surface area contributed by atoms with Crippen molar-refractivity contribution in [1.29, 1.82) is 0 Å². The second-order valence-corrected chi connectivity index (χ2v) is 4.51. The Balaban J connectivity index is 1.82. The Bertz CT molecular complexity index is 481. The molecular weight excluding hydrogens is 222 g/mol. The fraction of sp³-hybridized carbons (Fsp3) is 0.250. The zero-order chi connectivity index (χ0) is 12.8. The Kier molecular flexibility index (Phi) is 4.37. The molecule has 0 aliphatic rings. The van der Waals surface area contributed by atoms with Crippen LogP contribution in [-0.2, 0) is 0 Å². The van der Waals surface area contributed by atoms with Crippen molar-refractivity contribution in [2.24, 2.45) is 0 Å². The normalized spacial score (nSPS) is 12.1. The van der Waals surface area contributed by atoms with Crippen molar-refractivity contribution in [3.63, 3.8) is 0 Å². The van der Waals surface area contributed by atoms with Crippen LogP contribution in [0.15, 0.2) is 54.6 Å². The molecule has 0 aliphatic heterocycles. The SMILES string of the molecule is Cc1cccc(NCCC(O)c2ccccc2)c1. The molecule has 0 aromatic heterocycles. The third-order valence-corrected chi connectivity index (χ3v) is 2.95. The third kappa shape index (κ3) is 3.60. The van der Waals surface area contributed by atoms with Gasteiger partial charge < -0.3 is 10.4 Å². The first kappa shape index (κ1) is 12.7. The molecule has 2 nitrogen and oxygen atoms in total. The van der Waals surface area contributed by atoms with E-state index in [2.05, 4.69) is 24.4 Å². The Morgan fingerprint density at radius 3 is 2.56 bits per heavy atom. The lowest BCUT2D eigenvalue weighted by molar-refractivity contribution is 0.171. The van der Waals surface area contributed by atoms with E-state index in [0.29, 0.717) is 6.42 Å². The molecule has 0 fully saturated rings. The summed E-state index contributed by atoms with van der Waals surface area (Å²) in [5.41, 5.74) is 3.32. The minimum Gasteiger partial charge on any atom is -0.388 e. The van der Waals surface area contributed by atoms with E-state index in [-0.39, 0.29) is 0 Å². The molecule has 18 heavy (non-hydrogen) atoms. The fourth-order valence-corrected chi connectivity index (χ4v) is 1.95. The van der Waals surface area contributed by atoms with Crippen LogP contribution in [0.5, 0.6) is 0 Å². The monoisotopic (exact) mass is 241 g/mol. The second kappa shape index (κ2) is 6.22. The van der Waals surface area contributed by atoms with Crippen molar-refractivity contribution in [3.8, 4) is 0 Å². The van der Waals surface area contributed by atoms with Crippen molar-refractivity contribution in [3.05, 3.63) is 65.7 Å². The van der Waals surface area contributed by atoms with Crippen LogP contribution in [0.1, 0.15) is 23.7 Å². The summed E-state index contributed by atoms with van der Waals surface area (Å²) in [5.74, 6) is 0. The molecule has 0 amide bonds. The number of hydrogen-bond donors (Lipinski definition) is 2. The van der Waals surface area contributed by atoms with E-state index in [9.17, 15) is 5.11 Å². The number of aliphatic hydroxyl groups excluding tert-OH is 1. The van der Waals surface area contributed by atoms with Crippen LogP contribution < -0.4 is 5.32 Å². The van der Waals surface area contributed by atoms with Crippen LogP contribution in [-0.4, -0.2) is 11.7 Å². The topological polar surface area (TPSA) is 32.3 Å². The number of aliphatic hydroxyl groups is 1. The van der Waals surface area contributed by atoms with E-state index in [1.807, 2.05) is 42.5 Å². The van der Waals surface area contributed by atoms with Gasteiger partial charge in [0.2, 0.25) is 0 Å². The van der Waals surface area contributed by atoms with Gasteiger partial charge in [-0.25, -0.2) is 0 Å². The molecule has 1 unspecified atom stereocenters. The average Bonchev–Trinajstić information content (AvgIpc) is 2.40. The Hall–Kier alpha value is -1.80. The van der Waals surface area contributed by atoms with Crippen LogP contribution in [0.25, 0.3) is 0 Å². The van der Waals surface area contributed by atoms with Gasteiger partial charge in [-0.3, -0.25) is 0 Å². The summed E-state index contributed by atoms with van der Waals surface area (Å²) in [4.78, 5) is 0. The molecule has 0 radical (unpaired) electrons. The molecule has 2 aromatic carbocycles. The molecule has 1 atom stereocenters. The first-order valence-electron chi connectivity index (χ1n) is 6.29. The van der Waals surface area contributed by atoms with E-state index in [1.54, 1.807) is 0 Å². The minimum atomic E-state index is -0.400. The molecule has 0 bridgehead atoms. The summed E-state index contributed by atoms with van der Waals surface area (Å²) in [7, 11) is 0. The second-order valence-electron chi connectivity index (χ2n) is 4.51. The van der Waals surface area contributed by atoms with Crippen LogP contribution in [0.3, 0.4) is 0 Å². The first-order valence-corrected chi connectivity index (χ1v) is 6.29. The maximum absolute atomic E-state index is 10.0. The highest BCUT2D eigenvalue weighted by molar-refractivity contribution is 5.45. The Labute approximate surface area is 108 Å². The molecule has 0 saturated carbocycles. The van der Waals surface area contributed by atoms with Crippen LogP contribution in [0.2, 0.25) is 0 Å². The summed E-state index contributed by atoms with van der Waals surface area (Å²) >= 11 is 0. The lowest BCUT2D eigenvalue weighted by Gasteiger charge is -2.12. The largest absolute Gasteiger partial charge is 0.388 e. The van der Waals surface area contributed by atoms with Gasteiger partial charge in [0.05, 0.1) is 6.10 Å². The Morgan fingerprint density at radius 1 is 1.06 bits per heavy atom. The van der Waals surface area contributed by atoms with E-state index < -0.39 is 6.10 Å². The van der Waals surface area contributed by atoms with Gasteiger partial charge in [0.15, 0.2) is 0 Å². The molecule has 0 aliphatic carbocycles. The third-order valence-electron chi connectivity index (χ3n) is 2.95. The quantitative estimate of drug-likeness (QED) is 0.839. The van der Waals surface area contributed by atoms with Crippen LogP contribution >= 0.6 is 0 Å². The van der Waals surface area contributed by atoms with E-state index in [0.717, 1.165) is 17.8 Å². The van der Waals surface area contributed by atoms with Gasteiger partial charge in [0.25, 0.3) is 0 Å². The van der Waals surface area contributed by atoms with Gasteiger partial charge in [-0.1, -0.05) is 42.5 Å². The van der Waals surface area contributed by atoms with Crippen LogP contribution in [0, 0.1) is 6.92 Å². The maximum Gasteiger partial charge on any atom is 0.0806 e. The minimum absolute atomic E-state index is 0.400. The molecule has 2 aromatic rings. The smallest absolute Gasteiger partial charge is 0.0806 e. The van der Waals surface area contributed by atoms with E-state index in [4.69, 9.17) is 0 Å². The van der Waals surface area contributed by atoms with Crippen molar-refractivity contribution >= 4 is 5.69 Å². The molecule has 2 N–H and O–H groups in total. The molecular formula is C16H19NO. The highest BCUT2D eigenvalue weighted by Gasteiger charge is 2.05. The van der Waals surface area contributed by atoms with E-state index in [1.165, 1.54) is 5.56 Å². The van der Waals surface area contributed by atoms with Crippen molar-refractivity contribution < 1.29 is 5.11 Å². The molecule has 0 spiro atoms. The van der Waals surface area contributed by atoms with Gasteiger partial charge in [-0.15, -0.1) is 0 Å². The van der Waals surface area contributed by atoms with Crippen molar-refractivity contribution in [2.45, 2.75) is 19.4 Å². The summed E-state index contributed by atoms with van der Waals surface area (Å²) in [6.07, 6.45) is 0.307. The molecule has 94 valence electrons. The van der Waals surface area contributed by atoms with Gasteiger partial charge in [-0.05, 0) is 36.6 Å².